The Morgan fingerprint density at radius 1 is 0.967 bits per heavy atom. The molecule has 2 N–H and O–H groups in total. The van der Waals surface area contributed by atoms with Crippen molar-refractivity contribution >= 4 is 51.6 Å². The fourth-order valence-electron chi connectivity index (χ4n) is 3.15. The van der Waals surface area contributed by atoms with E-state index in [0.29, 0.717) is 27.3 Å². The van der Waals surface area contributed by atoms with Crippen LogP contribution in [0.1, 0.15) is 21.5 Å². The summed E-state index contributed by atoms with van der Waals surface area (Å²) in [6.07, 6.45) is 0. The summed E-state index contributed by atoms with van der Waals surface area (Å²) < 4.78 is 0. The zero-order chi connectivity index (χ0) is 21.3. The summed E-state index contributed by atoms with van der Waals surface area (Å²) >= 11 is 11.7. The molecule has 1 heterocycles. The second-order valence-corrected chi connectivity index (χ2v) is 7.75. The average molecular weight is 436 g/mol. The SMILES string of the molecule is Cc1cc(C)cc(C(=O)NC(=S)Nc2cc3nn(-c4ccccc4)nc3cc2Cl)c1. The van der Waals surface area contributed by atoms with Gasteiger partial charge in [-0.25, -0.2) is 0 Å². The molecule has 1 amide bonds. The summed E-state index contributed by atoms with van der Waals surface area (Å²) in [5, 5.41) is 15.2. The molecule has 0 spiro atoms. The van der Waals surface area contributed by atoms with Crippen molar-refractivity contribution in [1.29, 1.82) is 0 Å². The lowest BCUT2D eigenvalue weighted by Crippen LogP contribution is -2.34. The molecule has 0 aliphatic carbocycles. The maximum atomic E-state index is 12.5. The number of aryl methyl sites for hydroxylation is 2. The molecule has 30 heavy (non-hydrogen) atoms. The molecule has 0 aliphatic rings. The Hall–Kier alpha value is -3.29. The van der Waals surface area contributed by atoms with Crippen LogP contribution in [0.25, 0.3) is 16.7 Å². The first-order valence-corrected chi connectivity index (χ1v) is 10.0. The van der Waals surface area contributed by atoms with Gasteiger partial charge in [0.15, 0.2) is 5.11 Å². The number of carbonyl (C=O) groups is 1. The zero-order valence-electron chi connectivity index (χ0n) is 16.3. The number of nitrogens with one attached hydrogen (secondary N) is 2. The predicted octanol–water partition coefficient (Wildman–Crippen LogP) is 4.82. The maximum absolute atomic E-state index is 12.5. The van der Waals surface area contributed by atoms with E-state index in [1.807, 2.05) is 62.4 Å². The molecule has 0 atom stereocenters. The fraction of sp³-hybridized carbons (Fsp3) is 0.0909. The number of para-hydroxylation sites is 1. The number of amides is 1. The van der Waals surface area contributed by atoms with Crippen LogP contribution in [0.5, 0.6) is 0 Å². The van der Waals surface area contributed by atoms with E-state index in [2.05, 4.69) is 20.8 Å². The topological polar surface area (TPSA) is 71.8 Å². The molecule has 150 valence electrons. The molecule has 0 unspecified atom stereocenters. The van der Waals surface area contributed by atoms with E-state index in [1.165, 1.54) is 0 Å². The first-order valence-electron chi connectivity index (χ1n) is 9.22. The monoisotopic (exact) mass is 435 g/mol. The van der Waals surface area contributed by atoms with E-state index in [-0.39, 0.29) is 11.0 Å². The third-order valence-electron chi connectivity index (χ3n) is 4.42. The third kappa shape index (κ3) is 4.32. The Bertz CT molecular complexity index is 1250. The van der Waals surface area contributed by atoms with Gasteiger partial charge in [0.05, 0.1) is 16.4 Å². The largest absolute Gasteiger partial charge is 0.331 e. The van der Waals surface area contributed by atoms with Crippen LogP contribution in [0, 0.1) is 13.8 Å². The Morgan fingerprint density at radius 2 is 1.60 bits per heavy atom. The van der Waals surface area contributed by atoms with Crippen LogP contribution >= 0.6 is 23.8 Å². The van der Waals surface area contributed by atoms with E-state index in [0.717, 1.165) is 16.8 Å². The van der Waals surface area contributed by atoms with Crippen molar-refractivity contribution in [3.05, 3.63) is 82.4 Å². The van der Waals surface area contributed by atoms with Crippen molar-refractivity contribution in [2.75, 3.05) is 5.32 Å². The van der Waals surface area contributed by atoms with Gasteiger partial charge in [-0.2, -0.15) is 4.80 Å². The molecular weight excluding hydrogens is 418 g/mol. The van der Waals surface area contributed by atoms with Gasteiger partial charge in [0.1, 0.15) is 11.0 Å². The van der Waals surface area contributed by atoms with Crippen LogP contribution in [0.15, 0.2) is 60.7 Å². The molecule has 0 saturated carbocycles. The molecule has 0 radical (unpaired) electrons. The summed E-state index contributed by atoms with van der Waals surface area (Å²) in [4.78, 5) is 14.1. The van der Waals surface area contributed by atoms with Gasteiger partial charge < -0.3 is 5.32 Å². The van der Waals surface area contributed by atoms with Gasteiger partial charge >= 0.3 is 0 Å². The van der Waals surface area contributed by atoms with Gasteiger partial charge in [-0.3, -0.25) is 10.1 Å². The number of benzene rings is 3. The highest BCUT2D eigenvalue weighted by Crippen LogP contribution is 2.27. The summed E-state index contributed by atoms with van der Waals surface area (Å²) in [7, 11) is 0. The Morgan fingerprint density at radius 3 is 2.27 bits per heavy atom. The van der Waals surface area contributed by atoms with E-state index >= 15 is 0 Å². The van der Waals surface area contributed by atoms with E-state index < -0.39 is 0 Å². The second-order valence-electron chi connectivity index (χ2n) is 6.93. The van der Waals surface area contributed by atoms with Crippen LogP contribution in [0.4, 0.5) is 5.69 Å². The standard InChI is InChI=1S/C22H18ClN5OS/c1-13-8-14(2)10-15(9-13)21(29)25-22(30)24-18-12-20-19(11-17(18)23)26-28(27-20)16-6-4-3-5-7-16/h3-12H,1-2H3,(H2,24,25,29,30). The van der Waals surface area contributed by atoms with Crippen LogP contribution in [0.2, 0.25) is 5.02 Å². The number of anilines is 1. The van der Waals surface area contributed by atoms with E-state index in [9.17, 15) is 4.79 Å². The minimum atomic E-state index is -0.286. The summed E-state index contributed by atoms with van der Waals surface area (Å²) in [5.41, 5.74) is 5.24. The molecule has 3 aromatic carbocycles. The van der Waals surface area contributed by atoms with Crippen molar-refractivity contribution in [3.8, 4) is 5.69 Å². The van der Waals surface area contributed by atoms with Crippen molar-refractivity contribution in [3.63, 3.8) is 0 Å². The highest BCUT2D eigenvalue weighted by Gasteiger charge is 2.13. The van der Waals surface area contributed by atoms with Gasteiger partial charge in [-0.15, -0.1) is 10.2 Å². The molecule has 1 aromatic heterocycles. The van der Waals surface area contributed by atoms with Gasteiger partial charge in [0, 0.05) is 5.56 Å². The number of nitrogens with zero attached hydrogens (tertiary/aromatic N) is 3. The third-order valence-corrected chi connectivity index (χ3v) is 4.93. The minimum absolute atomic E-state index is 0.149. The van der Waals surface area contributed by atoms with Gasteiger partial charge in [-0.05, 0) is 62.5 Å². The zero-order valence-corrected chi connectivity index (χ0v) is 17.9. The number of aromatic nitrogens is 3. The number of fused-ring (bicyclic) bond motifs is 1. The maximum Gasteiger partial charge on any atom is 0.257 e. The quantitative estimate of drug-likeness (QED) is 0.451. The lowest BCUT2D eigenvalue weighted by molar-refractivity contribution is 0.0977. The van der Waals surface area contributed by atoms with Crippen LogP contribution in [-0.4, -0.2) is 26.0 Å². The van der Waals surface area contributed by atoms with Gasteiger partial charge in [0.25, 0.3) is 5.91 Å². The Kier molecular flexibility index (Phi) is 5.48. The van der Waals surface area contributed by atoms with Crippen molar-refractivity contribution < 1.29 is 4.79 Å². The lowest BCUT2D eigenvalue weighted by Gasteiger charge is -2.11. The number of halogens is 1. The number of hydrogen-bond acceptors (Lipinski definition) is 4. The van der Waals surface area contributed by atoms with E-state index in [4.69, 9.17) is 23.8 Å². The summed E-state index contributed by atoms with van der Waals surface area (Å²) in [6.45, 7) is 3.88. The van der Waals surface area contributed by atoms with Crippen LogP contribution in [0.3, 0.4) is 0 Å². The van der Waals surface area contributed by atoms with Crippen molar-refractivity contribution in [2.24, 2.45) is 0 Å². The molecule has 0 fully saturated rings. The van der Waals surface area contributed by atoms with Crippen molar-refractivity contribution in [2.45, 2.75) is 13.8 Å². The number of hydrogen-bond donors (Lipinski definition) is 2. The molecule has 4 rings (SSSR count). The number of carbonyl (C=O) groups excluding carboxylic acids is 1. The molecular formula is C22H18ClN5OS. The number of rotatable bonds is 3. The number of thiocarbonyl (C=S) groups is 1. The molecule has 0 bridgehead atoms. The van der Waals surface area contributed by atoms with Crippen molar-refractivity contribution in [1.82, 2.24) is 20.3 Å². The summed E-state index contributed by atoms with van der Waals surface area (Å²) in [5.74, 6) is -0.286. The van der Waals surface area contributed by atoms with Crippen LogP contribution in [-0.2, 0) is 0 Å². The molecule has 8 heteroatoms. The smallest absolute Gasteiger partial charge is 0.257 e. The normalized spacial score (nSPS) is 10.8. The summed E-state index contributed by atoms with van der Waals surface area (Å²) in [6, 6.07) is 18.7. The highest BCUT2D eigenvalue weighted by atomic mass is 35.5. The molecule has 0 aliphatic heterocycles. The average Bonchev–Trinajstić information content (AvgIpc) is 3.11. The first-order chi connectivity index (χ1) is 14.4. The van der Waals surface area contributed by atoms with Crippen LogP contribution < -0.4 is 10.6 Å². The fourth-order valence-corrected chi connectivity index (χ4v) is 3.55. The second kappa shape index (κ2) is 8.22. The predicted molar refractivity (Wildman–Crippen MR) is 123 cm³/mol. The first kappa shape index (κ1) is 20.0. The highest BCUT2D eigenvalue weighted by molar-refractivity contribution is 7.80. The minimum Gasteiger partial charge on any atom is -0.331 e. The molecule has 4 aromatic rings. The van der Waals surface area contributed by atoms with Gasteiger partial charge in [-0.1, -0.05) is 47.0 Å². The molecule has 0 saturated heterocycles. The Labute approximate surface area is 183 Å². The van der Waals surface area contributed by atoms with Gasteiger partial charge in [0.2, 0.25) is 0 Å². The molecule has 6 nitrogen and oxygen atoms in total. The lowest BCUT2D eigenvalue weighted by atomic mass is 10.1. The Balaban J connectivity index is 1.53. The van der Waals surface area contributed by atoms with E-state index in [1.54, 1.807) is 16.9 Å².